The molecule has 2 rings (SSSR count). The van der Waals surface area contributed by atoms with Crippen LogP contribution in [0.15, 0.2) is 18.3 Å². The summed E-state index contributed by atoms with van der Waals surface area (Å²) in [7, 11) is 1.81. The van der Waals surface area contributed by atoms with Gasteiger partial charge in [0.2, 0.25) is 0 Å². The number of hydrogen-bond donors (Lipinski definition) is 0. The van der Waals surface area contributed by atoms with Gasteiger partial charge in [-0.15, -0.1) is 0 Å². The van der Waals surface area contributed by atoms with Gasteiger partial charge < -0.3 is 9.64 Å². The molecule has 0 saturated carbocycles. The number of nitrogens with zero attached hydrogens (tertiary/aromatic N) is 2. The number of rotatable bonds is 3. The largest absolute Gasteiger partial charge is 0.417 e. The molecule has 0 aromatic carbocycles. The van der Waals surface area contributed by atoms with Crippen molar-refractivity contribution >= 4 is 5.82 Å². The first-order chi connectivity index (χ1) is 8.97. The molecule has 6 heteroatoms. The van der Waals surface area contributed by atoms with E-state index in [4.69, 9.17) is 4.74 Å². The van der Waals surface area contributed by atoms with E-state index in [-0.39, 0.29) is 6.10 Å². The normalized spacial score (nSPS) is 20.3. The van der Waals surface area contributed by atoms with Gasteiger partial charge in [-0.1, -0.05) is 0 Å². The predicted octanol–water partition coefficient (Wildman–Crippen LogP) is 3.11. The van der Waals surface area contributed by atoms with Gasteiger partial charge in [0.05, 0.1) is 11.7 Å². The van der Waals surface area contributed by atoms with Crippen molar-refractivity contribution in [1.29, 1.82) is 0 Å². The molecule has 0 bridgehead atoms. The van der Waals surface area contributed by atoms with Gasteiger partial charge in [-0.3, -0.25) is 0 Å². The Hall–Kier alpha value is -1.30. The molecule has 0 spiro atoms. The van der Waals surface area contributed by atoms with E-state index in [0.29, 0.717) is 12.4 Å². The van der Waals surface area contributed by atoms with Crippen LogP contribution >= 0.6 is 0 Å². The van der Waals surface area contributed by atoms with E-state index in [9.17, 15) is 13.2 Å². The number of aromatic nitrogens is 1. The first-order valence-corrected chi connectivity index (χ1v) is 6.33. The standard InChI is InChI=1S/C13H17F3N2O/c1-18(9-11-4-2-3-7-19-11)12-6-5-10(8-17-12)13(14,15)16/h5-6,8,11H,2-4,7,9H2,1H3. The van der Waals surface area contributed by atoms with Crippen LogP contribution in [0, 0.1) is 0 Å². The number of alkyl halides is 3. The highest BCUT2D eigenvalue weighted by molar-refractivity contribution is 5.39. The second kappa shape index (κ2) is 5.77. The molecule has 1 aromatic rings. The molecule has 3 nitrogen and oxygen atoms in total. The summed E-state index contributed by atoms with van der Waals surface area (Å²) in [6.45, 7) is 1.41. The van der Waals surface area contributed by atoms with Crippen molar-refractivity contribution in [2.75, 3.05) is 25.1 Å². The van der Waals surface area contributed by atoms with E-state index in [1.807, 2.05) is 11.9 Å². The fourth-order valence-electron chi connectivity index (χ4n) is 2.13. The van der Waals surface area contributed by atoms with Crippen LogP contribution < -0.4 is 4.90 Å². The second-order valence-corrected chi connectivity index (χ2v) is 4.77. The monoisotopic (exact) mass is 274 g/mol. The van der Waals surface area contributed by atoms with Crippen LogP contribution in [0.1, 0.15) is 24.8 Å². The van der Waals surface area contributed by atoms with E-state index in [1.165, 1.54) is 6.07 Å². The van der Waals surface area contributed by atoms with Crippen molar-refractivity contribution in [3.8, 4) is 0 Å². The fraction of sp³-hybridized carbons (Fsp3) is 0.615. The van der Waals surface area contributed by atoms with Gasteiger partial charge in [-0.2, -0.15) is 13.2 Å². The van der Waals surface area contributed by atoms with E-state index in [0.717, 1.165) is 38.1 Å². The highest BCUT2D eigenvalue weighted by Crippen LogP contribution is 2.29. The molecule has 1 saturated heterocycles. The van der Waals surface area contributed by atoms with Crippen molar-refractivity contribution in [3.63, 3.8) is 0 Å². The van der Waals surface area contributed by atoms with E-state index < -0.39 is 11.7 Å². The molecule has 1 aromatic heterocycles. The van der Waals surface area contributed by atoms with Gasteiger partial charge in [0.15, 0.2) is 0 Å². The molecular formula is C13H17F3N2O. The lowest BCUT2D eigenvalue weighted by Crippen LogP contribution is -2.33. The molecule has 2 heterocycles. The smallest absolute Gasteiger partial charge is 0.376 e. The van der Waals surface area contributed by atoms with Crippen LogP contribution in [0.3, 0.4) is 0 Å². The average Bonchev–Trinajstić information content (AvgIpc) is 2.39. The number of hydrogen-bond acceptors (Lipinski definition) is 3. The van der Waals surface area contributed by atoms with Crippen molar-refractivity contribution in [1.82, 2.24) is 4.98 Å². The third-order valence-electron chi connectivity index (χ3n) is 3.22. The van der Waals surface area contributed by atoms with Crippen LogP contribution in [0.5, 0.6) is 0 Å². The number of pyridine rings is 1. The summed E-state index contributed by atoms with van der Waals surface area (Å²) < 4.78 is 42.9. The van der Waals surface area contributed by atoms with Gasteiger partial charge >= 0.3 is 6.18 Å². The minimum Gasteiger partial charge on any atom is -0.376 e. The van der Waals surface area contributed by atoms with Crippen LogP contribution in [0.4, 0.5) is 19.0 Å². The van der Waals surface area contributed by atoms with Crippen LogP contribution in [-0.2, 0) is 10.9 Å². The molecule has 0 N–H and O–H groups in total. The van der Waals surface area contributed by atoms with Crippen molar-refractivity contribution in [3.05, 3.63) is 23.9 Å². The Bertz CT molecular complexity index is 399. The zero-order valence-corrected chi connectivity index (χ0v) is 10.8. The molecule has 1 aliphatic rings. The highest BCUT2D eigenvalue weighted by Gasteiger charge is 2.30. The molecule has 1 aliphatic heterocycles. The van der Waals surface area contributed by atoms with Gasteiger partial charge in [0.25, 0.3) is 0 Å². The van der Waals surface area contributed by atoms with Crippen LogP contribution in [0.2, 0.25) is 0 Å². The summed E-state index contributed by atoms with van der Waals surface area (Å²) in [5.41, 5.74) is -0.724. The van der Waals surface area contributed by atoms with Gasteiger partial charge in [0, 0.05) is 26.4 Å². The van der Waals surface area contributed by atoms with E-state index in [2.05, 4.69) is 4.98 Å². The number of halogens is 3. The van der Waals surface area contributed by atoms with Crippen molar-refractivity contribution in [2.45, 2.75) is 31.5 Å². The van der Waals surface area contributed by atoms with Crippen LogP contribution in [-0.4, -0.2) is 31.3 Å². The summed E-state index contributed by atoms with van der Waals surface area (Å²) in [6.07, 6.45) is -0.116. The average molecular weight is 274 g/mol. The van der Waals surface area contributed by atoms with Crippen LogP contribution in [0.25, 0.3) is 0 Å². The van der Waals surface area contributed by atoms with Crippen molar-refractivity contribution in [2.24, 2.45) is 0 Å². The summed E-state index contributed by atoms with van der Waals surface area (Å²) in [4.78, 5) is 5.69. The maximum atomic E-state index is 12.4. The van der Waals surface area contributed by atoms with Gasteiger partial charge in [-0.25, -0.2) is 4.98 Å². The first-order valence-electron chi connectivity index (χ1n) is 6.33. The lowest BCUT2D eigenvalue weighted by Gasteiger charge is -2.28. The topological polar surface area (TPSA) is 25.4 Å². The van der Waals surface area contributed by atoms with Gasteiger partial charge in [-0.05, 0) is 31.4 Å². The molecule has 0 amide bonds. The highest BCUT2D eigenvalue weighted by atomic mass is 19.4. The Balaban J connectivity index is 1.97. The Morgan fingerprint density at radius 1 is 1.37 bits per heavy atom. The summed E-state index contributed by atoms with van der Waals surface area (Å²) in [5, 5.41) is 0. The summed E-state index contributed by atoms with van der Waals surface area (Å²) in [6, 6.07) is 2.45. The maximum absolute atomic E-state index is 12.4. The number of ether oxygens (including phenoxy) is 1. The third kappa shape index (κ3) is 3.83. The Labute approximate surface area is 110 Å². The number of likely N-dealkylation sites (N-methyl/N-ethyl adjacent to an activating group) is 1. The first kappa shape index (κ1) is 14.1. The quantitative estimate of drug-likeness (QED) is 0.847. The maximum Gasteiger partial charge on any atom is 0.417 e. The lowest BCUT2D eigenvalue weighted by molar-refractivity contribution is -0.137. The minimum absolute atomic E-state index is 0.142. The zero-order chi connectivity index (χ0) is 13.9. The minimum atomic E-state index is -4.34. The number of anilines is 1. The van der Waals surface area contributed by atoms with Gasteiger partial charge in [0.1, 0.15) is 5.82 Å². The molecule has 1 atom stereocenters. The third-order valence-corrected chi connectivity index (χ3v) is 3.22. The van der Waals surface area contributed by atoms with E-state index in [1.54, 1.807) is 0 Å². The molecular weight excluding hydrogens is 257 g/mol. The predicted molar refractivity (Wildman–Crippen MR) is 66.1 cm³/mol. The molecule has 0 radical (unpaired) electrons. The Morgan fingerprint density at radius 2 is 2.16 bits per heavy atom. The SMILES string of the molecule is CN(CC1CCCCO1)c1ccc(C(F)(F)F)cn1. The molecule has 106 valence electrons. The van der Waals surface area contributed by atoms with Crippen molar-refractivity contribution < 1.29 is 17.9 Å². The fourth-order valence-corrected chi connectivity index (χ4v) is 2.13. The van der Waals surface area contributed by atoms with E-state index >= 15 is 0 Å². The summed E-state index contributed by atoms with van der Waals surface area (Å²) in [5.74, 6) is 0.530. The molecule has 1 unspecified atom stereocenters. The summed E-state index contributed by atoms with van der Waals surface area (Å²) >= 11 is 0. The lowest BCUT2D eigenvalue weighted by atomic mass is 10.1. The molecule has 19 heavy (non-hydrogen) atoms. The molecule has 0 aliphatic carbocycles. The second-order valence-electron chi connectivity index (χ2n) is 4.77. The zero-order valence-electron chi connectivity index (χ0n) is 10.8. The Morgan fingerprint density at radius 3 is 2.68 bits per heavy atom. The molecule has 1 fully saturated rings. The Kier molecular flexibility index (Phi) is 4.29.